The lowest BCUT2D eigenvalue weighted by Crippen LogP contribution is -2.51. The van der Waals surface area contributed by atoms with Crippen LogP contribution in [-0.4, -0.2) is 58.1 Å². The third-order valence-corrected chi connectivity index (χ3v) is 22.7. The molecule has 0 spiro atoms. The van der Waals surface area contributed by atoms with Crippen molar-refractivity contribution in [1.82, 2.24) is 9.55 Å². The second-order valence-corrected chi connectivity index (χ2v) is 30.1. The number of H-pyrrole nitrogens is 1. The fourth-order valence-electron chi connectivity index (χ4n) is 4.51. The number of aromatic nitrogens is 2. The van der Waals surface area contributed by atoms with Crippen LogP contribution in [-0.2, 0) is 20.1 Å². The van der Waals surface area contributed by atoms with Crippen LogP contribution < -0.4 is 11.2 Å². The van der Waals surface area contributed by atoms with Gasteiger partial charge in [-0.1, -0.05) is 61.5 Å². The Morgan fingerprint density at radius 1 is 1.00 bits per heavy atom. The van der Waals surface area contributed by atoms with E-state index in [-0.39, 0.29) is 28.6 Å². The van der Waals surface area contributed by atoms with Crippen molar-refractivity contribution in [3.63, 3.8) is 0 Å². The van der Waals surface area contributed by atoms with Gasteiger partial charge in [0.2, 0.25) is 0 Å². The molecule has 1 aromatic rings. The fraction of sp³-hybridized carbons (Fsp3) is 0.800. The van der Waals surface area contributed by atoms with Gasteiger partial charge in [0.1, 0.15) is 6.10 Å². The zero-order valence-corrected chi connectivity index (χ0v) is 31.2. The molecule has 8 nitrogen and oxygen atoms in total. The molecule has 1 aliphatic rings. The highest BCUT2D eigenvalue weighted by Gasteiger charge is 2.54. The van der Waals surface area contributed by atoms with E-state index in [1.165, 1.54) is 4.57 Å². The van der Waals surface area contributed by atoms with E-state index in [1.807, 2.05) is 13.1 Å². The summed E-state index contributed by atoms with van der Waals surface area (Å²) >= 11 is 0. The molecule has 236 valence electrons. The Kier molecular flexibility index (Phi) is 10.7. The maximum Gasteiger partial charge on any atom is 0.328 e. The minimum absolute atomic E-state index is 0.0199. The van der Waals surface area contributed by atoms with Gasteiger partial charge < -0.3 is 18.4 Å². The van der Waals surface area contributed by atoms with Crippen LogP contribution in [0.1, 0.15) is 73.5 Å². The fourth-order valence-corrected chi connectivity index (χ4v) is 7.62. The molecule has 1 fully saturated rings. The normalized spacial score (nSPS) is 23.2. The topological polar surface area (TPSA) is 103 Å². The van der Waals surface area contributed by atoms with Crippen LogP contribution in [0.4, 0.5) is 0 Å². The van der Waals surface area contributed by atoms with Gasteiger partial charge in [0.15, 0.2) is 25.0 Å². The Labute approximate surface area is 251 Å². The number of hydrogen-bond donors (Lipinski definition) is 2. The van der Waals surface area contributed by atoms with Gasteiger partial charge in [-0.3, -0.25) is 14.3 Å². The van der Waals surface area contributed by atoms with Gasteiger partial charge in [0.25, 0.3) is 5.56 Å². The maximum absolute atomic E-state index is 13.3. The van der Waals surface area contributed by atoms with Crippen molar-refractivity contribution >= 4 is 25.0 Å². The van der Waals surface area contributed by atoms with Crippen molar-refractivity contribution in [2.24, 2.45) is 5.92 Å². The van der Waals surface area contributed by atoms with E-state index in [4.69, 9.17) is 13.6 Å². The molecule has 1 saturated heterocycles. The van der Waals surface area contributed by atoms with Crippen LogP contribution in [0.5, 0.6) is 0 Å². The van der Waals surface area contributed by atoms with Crippen molar-refractivity contribution in [2.75, 3.05) is 6.61 Å². The Bertz CT molecular complexity index is 1180. The lowest BCUT2D eigenvalue weighted by atomic mass is 9.85. The lowest BCUT2D eigenvalue weighted by Gasteiger charge is -2.44. The summed E-state index contributed by atoms with van der Waals surface area (Å²) in [5, 5.41) is -0.423. The van der Waals surface area contributed by atoms with Crippen LogP contribution in [0.2, 0.25) is 54.4 Å². The van der Waals surface area contributed by atoms with E-state index in [0.29, 0.717) is 18.6 Å². The quantitative estimate of drug-likeness (QED) is 0.213. The lowest BCUT2D eigenvalue weighted by molar-refractivity contribution is -0.0172. The summed E-state index contributed by atoms with van der Waals surface area (Å²) in [5.74, 6) is -0.234. The SMILES string of the molecule is C=CCn1cc([C@@H]2O[C@H](CO[Si](C)(C)C(C)(C)C)C(O[Si](C)(C)C(C)(C)C)[C@@H]2CC(C)(C)[Si](C)(C)O)c(=O)[nH]c1=O. The standard InChI is InChI=1S/C30H58N2O6Si3/c1-16-17-32-19-22(26(33)31-27(32)34)24-21(18-30(8,9)39(10,11)35)25(38-41(14,15)29(5,6)7)23(37-24)20-36-40(12,13)28(2,3)4/h16,19,21,23-25,35H,1,17-18,20H2,2-15H3,(H,31,33,34)/t21-,23-,24-,25?/m1/s1. The molecule has 1 aromatic heterocycles. The molecule has 0 amide bonds. The molecule has 0 bridgehead atoms. The van der Waals surface area contributed by atoms with Crippen molar-refractivity contribution in [3.8, 4) is 0 Å². The molecule has 0 saturated carbocycles. The number of ether oxygens (including phenoxy) is 1. The number of aromatic amines is 1. The monoisotopic (exact) mass is 626 g/mol. The summed E-state index contributed by atoms with van der Waals surface area (Å²) < 4.78 is 22.1. The second kappa shape index (κ2) is 12.1. The Balaban J connectivity index is 2.75. The third kappa shape index (κ3) is 8.10. The van der Waals surface area contributed by atoms with E-state index < -0.39 is 53.4 Å². The van der Waals surface area contributed by atoms with Crippen LogP contribution in [0, 0.1) is 5.92 Å². The molecule has 4 atom stereocenters. The summed E-state index contributed by atoms with van der Waals surface area (Å²) in [4.78, 5) is 39.6. The first-order valence-electron chi connectivity index (χ1n) is 14.9. The number of allylic oxidation sites excluding steroid dienone is 1. The largest absolute Gasteiger partial charge is 0.432 e. The van der Waals surface area contributed by atoms with E-state index in [0.717, 1.165) is 0 Å². The van der Waals surface area contributed by atoms with Gasteiger partial charge >= 0.3 is 5.69 Å². The van der Waals surface area contributed by atoms with Crippen LogP contribution in [0.3, 0.4) is 0 Å². The highest BCUT2D eigenvalue weighted by molar-refractivity contribution is 6.74. The summed E-state index contributed by atoms with van der Waals surface area (Å²) in [5.41, 5.74) is -0.548. The van der Waals surface area contributed by atoms with Crippen molar-refractivity contribution in [1.29, 1.82) is 0 Å². The first-order valence-corrected chi connectivity index (χ1v) is 23.7. The highest BCUT2D eigenvalue weighted by atomic mass is 28.4. The van der Waals surface area contributed by atoms with Crippen LogP contribution in [0.25, 0.3) is 0 Å². The molecule has 0 aliphatic carbocycles. The van der Waals surface area contributed by atoms with Gasteiger partial charge in [-0.15, -0.1) is 6.58 Å². The summed E-state index contributed by atoms with van der Waals surface area (Å²) in [6.45, 7) is 34.7. The molecule has 2 heterocycles. The zero-order chi connectivity index (χ0) is 32.0. The number of nitrogens with zero attached hydrogens (tertiary/aromatic N) is 1. The zero-order valence-electron chi connectivity index (χ0n) is 28.2. The highest BCUT2D eigenvalue weighted by Crippen LogP contribution is 2.52. The molecule has 11 heteroatoms. The molecule has 1 aliphatic heterocycles. The van der Waals surface area contributed by atoms with E-state index in [1.54, 1.807) is 12.3 Å². The molecular weight excluding hydrogens is 569 g/mol. The minimum atomic E-state index is -2.63. The predicted molar refractivity (Wildman–Crippen MR) is 176 cm³/mol. The Morgan fingerprint density at radius 2 is 1.54 bits per heavy atom. The summed E-state index contributed by atoms with van der Waals surface area (Å²) in [7, 11) is -7.04. The van der Waals surface area contributed by atoms with Gasteiger partial charge in [0.05, 0.1) is 24.4 Å². The average molecular weight is 627 g/mol. The first-order chi connectivity index (χ1) is 18.3. The minimum Gasteiger partial charge on any atom is -0.432 e. The average Bonchev–Trinajstić information content (AvgIpc) is 3.07. The molecular formula is C30H58N2O6Si3. The van der Waals surface area contributed by atoms with Gasteiger partial charge in [-0.2, -0.15) is 0 Å². The summed E-state index contributed by atoms with van der Waals surface area (Å²) in [6, 6.07) is 0. The molecule has 2 N–H and O–H groups in total. The Morgan fingerprint density at radius 3 is 2.00 bits per heavy atom. The van der Waals surface area contributed by atoms with Crippen molar-refractivity contribution in [2.45, 2.75) is 141 Å². The van der Waals surface area contributed by atoms with E-state index >= 15 is 0 Å². The number of rotatable bonds is 11. The van der Waals surface area contributed by atoms with Crippen LogP contribution in [0.15, 0.2) is 28.4 Å². The van der Waals surface area contributed by atoms with Gasteiger partial charge in [0, 0.05) is 18.7 Å². The Hall–Kier alpha value is -1.09. The van der Waals surface area contributed by atoms with E-state index in [2.05, 4.69) is 93.1 Å². The molecule has 41 heavy (non-hydrogen) atoms. The van der Waals surface area contributed by atoms with Crippen molar-refractivity contribution in [3.05, 3.63) is 45.3 Å². The molecule has 2 rings (SSSR count). The van der Waals surface area contributed by atoms with Crippen molar-refractivity contribution < 1.29 is 18.4 Å². The summed E-state index contributed by atoms with van der Waals surface area (Å²) in [6.07, 6.45) is 2.44. The molecule has 0 radical (unpaired) electrons. The predicted octanol–water partition coefficient (Wildman–Crippen LogP) is 6.56. The maximum atomic E-state index is 13.3. The smallest absolute Gasteiger partial charge is 0.328 e. The third-order valence-electron chi connectivity index (χ3n) is 10.2. The van der Waals surface area contributed by atoms with Gasteiger partial charge in [-0.25, -0.2) is 4.79 Å². The number of hydrogen-bond acceptors (Lipinski definition) is 6. The van der Waals surface area contributed by atoms with Gasteiger partial charge in [-0.05, 0) is 60.8 Å². The number of nitrogens with one attached hydrogen (secondary N) is 1. The second-order valence-electron chi connectivity index (χ2n) is 16.1. The molecule has 0 aromatic carbocycles. The first kappa shape index (κ1) is 36.1. The molecule has 1 unspecified atom stereocenters. The van der Waals surface area contributed by atoms with E-state index in [9.17, 15) is 14.4 Å². The van der Waals surface area contributed by atoms with Crippen LogP contribution >= 0.6 is 0 Å².